The van der Waals surface area contributed by atoms with Gasteiger partial charge in [0.2, 0.25) is 5.91 Å². The van der Waals surface area contributed by atoms with E-state index in [1.807, 2.05) is 0 Å². The molecular formula is C12H14N2O5. The number of carbonyl (C=O) groups excluding carboxylic acids is 1. The van der Waals surface area contributed by atoms with Crippen LogP contribution >= 0.6 is 0 Å². The van der Waals surface area contributed by atoms with Gasteiger partial charge in [-0.3, -0.25) is 14.9 Å². The molecule has 1 atom stereocenters. The van der Waals surface area contributed by atoms with Gasteiger partial charge in [0, 0.05) is 0 Å². The molecule has 1 saturated heterocycles. The van der Waals surface area contributed by atoms with Gasteiger partial charge in [-0.1, -0.05) is 0 Å². The van der Waals surface area contributed by atoms with E-state index in [0.717, 1.165) is 0 Å². The van der Waals surface area contributed by atoms with Crippen LogP contribution in [0.1, 0.15) is 13.3 Å². The maximum absolute atomic E-state index is 11.7. The molecule has 1 aliphatic rings. The van der Waals surface area contributed by atoms with Crippen LogP contribution in [0.3, 0.4) is 0 Å². The van der Waals surface area contributed by atoms with E-state index in [-0.39, 0.29) is 30.2 Å². The molecule has 1 unspecified atom stereocenters. The summed E-state index contributed by atoms with van der Waals surface area (Å²) in [7, 11) is 0. The zero-order valence-electron chi connectivity index (χ0n) is 10.4. The number of aliphatic hydroxyl groups is 1. The fourth-order valence-electron chi connectivity index (χ4n) is 2.06. The highest BCUT2D eigenvalue weighted by Gasteiger charge is 2.33. The number of β-amino-alcohol motifs (C(OH)–C–C–N with tert-alkyl or cyclic N) is 1. The molecule has 0 spiro atoms. The molecule has 7 nitrogen and oxygen atoms in total. The van der Waals surface area contributed by atoms with Crippen molar-refractivity contribution in [2.24, 2.45) is 0 Å². The zero-order chi connectivity index (χ0) is 14.0. The fraction of sp³-hybridized carbons (Fsp3) is 0.417. The topological polar surface area (TPSA) is 92.9 Å². The van der Waals surface area contributed by atoms with Crippen molar-refractivity contribution in [3.8, 4) is 5.75 Å². The van der Waals surface area contributed by atoms with Gasteiger partial charge in [0.1, 0.15) is 11.4 Å². The van der Waals surface area contributed by atoms with Crippen LogP contribution in [0.5, 0.6) is 5.75 Å². The van der Waals surface area contributed by atoms with E-state index in [1.54, 1.807) is 13.0 Å². The Kier molecular flexibility index (Phi) is 3.66. The van der Waals surface area contributed by atoms with E-state index < -0.39 is 11.0 Å². The van der Waals surface area contributed by atoms with Crippen LogP contribution in [-0.2, 0) is 4.79 Å². The van der Waals surface area contributed by atoms with Crippen LogP contribution < -0.4 is 9.64 Å². The summed E-state index contributed by atoms with van der Waals surface area (Å²) in [6.45, 7) is 2.26. The summed E-state index contributed by atoms with van der Waals surface area (Å²) in [6.07, 6.45) is -0.789. The van der Waals surface area contributed by atoms with Crippen LogP contribution in [0.25, 0.3) is 0 Å². The van der Waals surface area contributed by atoms with Crippen LogP contribution in [0, 0.1) is 10.1 Å². The molecule has 1 fully saturated rings. The summed E-state index contributed by atoms with van der Waals surface area (Å²) < 4.78 is 5.21. The van der Waals surface area contributed by atoms with Crippen molar-refractivity contribution in [2.75, 3.05) is 18.1 Å². The highest BCUT2D eigenvalue weighted by atomic mass is 16.6. The predicted molar refractivity (Wildman–Crippen MR) is 67.2 cm³/mol. The lowest BCUT2D eigenvalue weighted by atomic mass is 10.2. The van der Waals surface area contributed by atoms with Gasteiger partial charge in [-0.25, -0.2) is 0 Å². The normalized spacial score (nSPS) is 18.7. The van der Waals surface area contributed by atoms with Crippen molar-refractivity contribution < 1.29 is 19.6 Å². The largest absolute Gasteiger partial charge is 0.494 e. The van der Waals surface area contributed by atoms with E-state index in [4.69, 9.17) is 4.74 Å². The number of anilines is 1. The van der Waals surface area contributed by atoms with Gasteiger partial charge in [-0.15, -0.1) is 0 Å². The number of hydrogen-bond acceptors (Lipinski definition) is 5. The number of aliphatic hydroxyl groups excluding tert-OH is 1. The summed E-state index contributed by atoms with van der Waals surface area (Å²) in [5.41, 5.74) is -0.0107. The van der Waals surface area contributed by atoms with Crippen LogP contribution in [-0.4, -0.2) is 35.2 Å². The number of amides is 1. The van der Waals surface area contributed by atoms with Crippen molar-refractivity contribution in [3.05, 3.63) is 28.3 Å². The predicted octanol–water partition coefficient (Wildman–Crippen LogP) is 1.09. The molecule has 0 radical (unpaired) electrons. The molecule has 7 heteroatoms. The lowest BCUT2D eigenvalue weighted by Crippen LogP contribution is -2.26. The molecule has 2 rings (SSSR count). The van der Waals surface area contributed by atoms with Gasteiger partial charge < -0.3 is 14.7 Å². The second-order valence-corrected chi connectivity index (χ2v) is 4.20. The Morgan fingerprint density at radius 3 is 2.84 bits per heavy atom. The Hall–Kier alpha value is -2.15. The highest BCUT2D eigenvalue weighted by molar-refractivity contribution is 5.98. The first kappa shape index (κ1) is 13.3. The SMILES string of the molecule is CCOc1ccc(N2CC(O)CC2=O)c([N+](=O)[O-])c1. The van der Waals surface area contributed by atoms with Gasteiger partial charge >= 0.3 is 0 Å². The van der Waals surface area contributed by atoms with Gasteiger partial charge in [0.25, 0.3) is 5.69 Å². The third-order valence-corrected chi connectivity index (χ3v) is 2.85. The van der Waals surface area contributed by atoms with E-state index >= 15 is 0 Å². The molecule has 1 aromatic carbocycles. The highest BCUT2D eigenvalue weighted by Crippen LogP contribution is 2.34. The number of ether oxygens (including phenoxy) is 1. The zero-order valence-corrected chi connectivity index (χ0v) is 10.4. The average molecular weight is 266 g/mol. The molecule has 1 aliphatic heterocycles. The summed E-state index contributed by atoms with van der Waals surface area (Å²) >= 11 is 0. The molecule has 1 aromatic rings. The number of nitrogens with zero attached hydrogens (tertiary/aromatic N) is 2. The molecule has 0 aliphatic carbocycles. The third kappa shape index (κ3) is 2.65. The first-order chi connectivity index (χ1) is 9.02. The van der Waals surface area contributed by atoms with Crippen LogP contribution in [0.15, 0.2) is 18.2 Å². The quantitative estimate of drug-likeness (QED) is 0.650. The second kappa shape index (κ2) is 5.23. The van der Waals surface area contributed by atoms with Crippen LogP contribution in [0.2, 0.25) is 0 Å². The lowest BCUT2D eigenvalue weighted by Gasteiger charge is -2.16. The number of benzene rings is 1. The smallest absolute Gasteiger partial charge is 0.296 e. The number of nitro groups is 1. The Bertz CT molecular complexity index is 517. The maximum Gasteiger partial charge on any atom is 0.296 e. The Morgan fingerprint density at radius 1 is 1.58 bits per heavy atom. The molecule has 102 valence electrons. The summed E-state index contributed by atoms with van der Waals surface area (Å²) in [5.74, 6) is 0.0601. The summed E-state index contributed by atoms with van der Waals surface area (Å²) in [5, 5.41) is 20.5. The van der Waals surface area contributed by atoms with Gasteiger partial charge in [-0.2, -0.15) is 0 Å². The molecular weight excluding hydrogens is 252 g/mol. The Labute approximate surface area is 109 Å². The number of carbonyl (C=O) groups is 1. The summed E-state index contributed by atoms with van der Waals surface area (Å²) in [6, 6.07) is 4.33. The Balaban J connectivity index is 2.39. The molecule has 19 heavy (non-hydrogen) atoms. The maximum atomic E-state index is 11.7. The molecule has 1 amide bonds. The van der Waals surface area contributed by atoms with E-state index in [9.17, 15) is 20.0 Å². The third-order valence-electron chi connectivity index (χ3n) is 2.85. The average Bonchev–Trinajstić information content (AvgIpc) is 2.68. The number of hydrogen-bond donors (Lipinski definition) is 1. The van der Waals surface area contributed by atoms with E-state index in [0.29, 0.717) is 12.4 Å². The Morgan fingerprint density at radius 2 is 2.32 bits per heavy atom. The first-order valence-electron chi connectivity index (χ1n) is 5.92. The van der Waals surface area contributed by atoms with Crippen molar-refractivity contribution >= 4 is 17.3 Å². The van der Waals surface area contributed by atoms with E-state index in [1.165, 1.54) is 17.0 Å². The molecule has 1 heterocycles. The van der Waals surface area contributed by atoms with Gasteiger partial charge in [0.15, 0.2) is 0 Å². The van der Waals surface area contributed by atoms with Gasteiger partial charge in [0.05, 0.1) is 36.7 Å². The summed E-state index contributed by atoms with van der Waals surface area (Å²) in [4.78, 5) is 23.4. The molecule has 1 N–H and O–H groups in total. The number of nitro benzene ring substituents is 1. The standard InChI is InChI=1S/C12H14N2O5/c1-2-19-9-3-4-10(11(6-9)14(17)18)13-7-8(15)5-12(13)16/h3-4,6,8,15H,2,5,7H2,1H3. The molecule has 0 aromatic heterocycles. The van der Waals surface area contributed by atoms with Gasteiger partial charge in [-0.05, 0) is 19.1 Å². The second-order valence-electron chi connectivity index (χ2n) is 4.20. The minimum Gasteiger partial charge on any atom is -0.494 e. The van der Waals surface area contributed by atoms with Crippen molar-refractivity contribution in [2.45, 2.75) is 19.4 Å². The van der Waals surface area contributed by atoms with Crippen molar-refractivity contribution in [1.29, 1.82) is 0 Å². The van der Waals surface area contributed by atoms with Crippen molar-refractivity contribution in [1.82, 2.24) is 0 Å². The number of rotatable bonds is 4. The fourth-order valence-corrected chi connectivity index (χ4v) is 2.06. The lowest BCUT2D eigenvalue weighted by molar-refractivity contribution is -0.384. The monoisotopic (exact) mass is 266 g/mol. The minimum atomic E-state index is -0.779. The first-order valence-corrected chi connectivity index (χ1v) is 5.92. The van der Waals surface area contributed by atoms with Crippen LogP contribution in [0.4, 0.5) is 11.4 Å². The minimum absolute atomic E-state index is 0.00956. The van der Waals surface area contributed by atoms with Crippen molar-refractivity contribution in [3.63, 3.8) is 0 Å². The molecule has 0 saturated carbocycles. The molecule has 0 bridgehead atoms. The van der Waals surface area contributed by atoms with E-state index in [2.05, 4.69) is 0 Å².